The minimum absolute atomic E-state index is 0.199. The van der Waals surface area contributed by atoms with E-state index in [-0.39, 0.29) is 5.56 Å². The van der Waals surface area contributed by atoms with Crippen LogP contribution < -0.4 is 9.47 Å². The number of aromatic carboxylic acids is 1. The Hall–Kier alpha value is -3.28. The molecular weight excluding hydrogens is 368 g/mol. The molecule has 0 saturated heterocycles. The Bertz CT molecular complexity index is 994. The standard InChI is InChI=1S/C23H26N2O4/c1-4-6-13-25-20(17-9-7-8-10-21(17)28-3)15-19(24-25)18-14-16(23(26)27)11-12-22(18)29-5-2/h7-12,14-15H,4-6,13H2,1-3H3,(H,26,27). The lowest BCUT2D eigenvalue weighted by Crippen LogP contribution is -2.03. The van der Waals surface area contributed by atoms with Gasteiger partial charge < -0.3 is 14.6 Å². The van der Waals surface area contributed by atoms with Crippen molar-refractivity contribution in [3.8, 4) is 34.0 Å². The van der Waals surface area contributed by atoms with Crippen molar-refractivity contribution in [2.24, 2.45) is 0 Å². The molecule has 0 aliphatic heterocycles. The topological polar surface area (TPSA) is 73.6 Å². The molecule has 0 aliphatic rings. The number of hydrogen-bond donors (Lipinski definition) is 1. The summed E-state index contributed by atoms with van der Waals surface area (Å²) in [6.07, 6.45) is 2.02. The first-order valence-electron chi connectivity index (χ1n) is 9.80. The van der Waals surface area contributed by atoms with Gasteiger partial charge >= 0.3 is 5.97 Å². The maximum atomic E-state index is 11.5. The number of ether oxygens (including phenoxy) is 2. The largest absolute Gasteiger partial charge is 0.496 e. The van der Waals surface area contributed by atoms with Crippen LogP contribution in [0, 0.1) is 0 Å². The van der Waals surface area contributed by atoms with E-state index in [0.29, 0.717) is 23.6 Å². The van der Waals surface area contributed by atoms with E-state index in [1.54, 1.807) is 25.3 Å². The minimum Gasteiger partial charge on any atom is -0.496 e. The Kier molecular flexibility index (Phi) is 6.54. The van der Waals surface area contributed by atoms with Crippen molar-refractivity contribution >= 4 is 5.97 Å². The smallest absolute Gasteiger partial charge is 0.335 e. The van der Waals surface area contributed by atoms with Crippen molar-refractivity contribution in [1.82, 2.24) is 9.78 Å². The summed E-state index contributed by atoms with van der Waals surface area (Å²) in [5.74, 6) is 0.398. The second-order valence-electron chi connectivity index (χ2n) is 6.64. The summed E-state index contributed by atoms with van der Waals surface area (Å²) in [6, 6.07) is 14.6. The van der Waals surface area contributed by atoms with Gasteiger partial charge in [0.25, 0.3) is 0 Å². The van der Waals surface area contributed by atoms with Gasteiger partial charge in [-0.2, -0.15) is 5.10 Å². The zero-order valence-corrected chi connectivity index (χ0v) is 17.0. The van der Waals surface area contributed by atoms with Gasteiger partial charge in [-0.05, 0) is 49.7 Å². The predicted molar refractivity (Wildman–Crippen MR) is 113 cm³/mol. The number of carboxylic acids is 1. The molecule has 3 aromatic rings. The van der Waals surface area contributed by atoms with E-state index in [2.05, 4.69) is 6.92 Å². The van der Waals surface area contributed by atoms with Crippen molar-refractivity contribution in [2.45, 2.75) is 33.2 Å². The van der Waals surface area contributed by atoms with E-state index in [1.807, 2.05) is 41.9 Å². The van der Waals surface area contributed by atoms with Gasteiger partial charge in [-0.3, -0.25) is 4.68 Å². The fourth-order valence-electron chi connectivity index (χ4n) is 3.24. The van der Waals surface area contributed by atoms with Crippen LogP contribution in [0.5, 0.6) is 11.5 Å². The number of benzene rings is 2. The van der Waals surface area contributed by atoms with Gasteiger partial charge in [-0.15, -0.1) is 0 Å². The fraction of sp³-hybridized carbons (Fsp3) is 0.304. The van der Waals surface area contributed by atoms with Crippen LogP contribution in [0.3, 0.4) is 0 Å². The van der Waals surface area contributed by atoms with Crippen molar-refractivity contribution in [1.29, 1.82) is 0 Å². The van der Waals surface area contributed by atoms with Gasteiger partial charge in [0, 0.05) is 17.7 Å². The highest BCUT2D eigenvalue weighted by Crippen LogP contribution is 2.36. The number of hydrogen-bond acceptors (Lipinski definition) is 4. The third kappa shape index (κ3) is 4.42. The summed E-state index contributed by atoms with van der Waals surface area (Å²) in [5, 5.41) is 14.2. The van der Waals surface area contributed by atoms with Gasteiger partial charge in [0.1, 0.15) is 11.5 Å². The normalized spacial score (nSPS) is 10.7. The number of aromatic nitrogens is 2. The molecule has 0 saturated carbocycles. The maximum absolute atomic E-state index is 11.5. The molecule has 1 aromatic heterocycles. The van der Waals surface area contributed by atoms with Crippen LogP contribution in [0.1, 0.15) is 37.0 Å². The summed E-state index contributed by atoms with van der Waals surface area (Å²) in [7, 11) is 1.65. The first kappa shape index (κ1) is 20.5. The molecule has 6 heteroatoms. The number of carboxylic acid groups (broad SMARTS) is 1. The summed E-state index contributed by atoms with van der Waals surface area (Å²) in [6.45, 7) is 5.27. The van der Waals surface area contributed by atoms with E-state index in [4.69, 9.17) is 14.6 Å². The molecule has 0 atom stereocenters. The molecule has 0 unspecified atom stereocenters. The van der Waals surface area contributed by atoms with Crippen molar-refractivity contribution < 1.29 is 19.4 Å². The molecule has 0 spiro atoms. The van der Waals surface area contributed by atoms with E-state index < -0.39 is 5.97 Å². The summed E-state index contributed by atoms with van der Waals surface area (Å²) in [4.78, 5) is 11.5. The predicted octanol–water partition coefficient (Wildman–Crippen LogP) is 5.12. The number of rotatable bonds is 9. The minimum atomic E-state index is -0.982. The number of nitrogens with zero attached hydrogens (tertiary/aromatic N) is 2. The van der Waals surface area contributed by atoms with Gasteiger partial charge in [0.15, 0.2) is 0 Å². The molecule has 0 bridgehead atoms. The molecule has 3 rings (SSSR count). The van der Waals surface area contributed by atoms with E-state index in [0.717, 1.165) is 36.4 Å². The zero-order valence-electron chi connectivity index (χ0n) is 17.0. The van der Waals surface area contributed by atoms with Crippen LogP contribution >= 0.6 is 0 Å². The van der Waals surface area contributed by atoms with E-state index in [9.17, 15) is 9.90 Å². The first-order chi connectivity index (χ1) is 14.1. The lowest BCUT2D eigenvalue weighted by Gasteiger charge is -2.10. The van der Waals surface area contributed by atoms with Crippen LogP contribution in [-0.2, 0) is 6.54 Å². The number of unbranched alkanes of at least 4 members (excludes halogenated alkanes) is 1. The highest BCUT2D eigenvalue weighted by molar-refractivity contribution is 5.90. The summed E-state index contributed by atoms with van der Waals surface area (Å²) in [5.41, 5.74) is 3.41. The molecule has 1 heterocycles. The molecule has 0 fully saturated rings. The maximum Gasteiger partial charge on any atom is 0.335 e. The van der Waals surface area contributed by atoms with Crippen LogP contribution in [0.25, 0.3) is 22.5 Å². The Labute approximate surface area is 170 Å². The molecule has 6 nitrogen and oxygen atoms in total. The number of para-hydroxylation sites is 1. The number of carbonyl (C=O) groups is 1. The molecule has 152 valence electrons. The fourth-order valence-corrected chi connectivity index (χ4v) is 3.24. The monoisotopic (exact) mass is 394 g/mol. The van der Waals surface area contributed by atoms with Gasteiger partial charge in [-0.25, -0.2) is 4.79 Å². The van der Waals surface area contributed by atoms with E-state index >= 15 is 0 Å². The Morgan fingerprint density at radius 3 is 2.55 bits per heavy atom. The SMILES string of the molecule is CCCCn1nc(-c2cc(C(=O)O)ccc2OCC)cc1-c1ccccc1OC. The van der Waals surface area contributed by atoms with E-state index in [1.165, 1.54) is 0 Å². The number of aryl methyl sites for hydroxylation is 1. The molecular formula is C23H26N2O4. The highest BCUT2D eigenvalue weighted by Gasteiger charge is 2.18. The van der Waals surface area contributed by atoms with Crippen molar-refractivity contribution in [3.63, 3.8) is 0 Å². The van der Waals surface area contributed by atoms with Crippen LogP contribution in [0.2, 0.25) is 0 Å². The molecule has 0 radical (unpaired) electrons. The molecule has 2 aromatic carbocycles. The molecule has 1 N–H and O–H groups in total. The molecule has 29 heavy (non-hydrogen) atoms. The van der Waals surface area contributed by atoms with Gasteiger partial charge in [0.2, 0.25) is 0 Å². The average molecular weight is 394 g/mol. The quantitative estimate of drug-likeness (QED) is 0.545. The average Bonchev–Trinajstić information content (AvgIpc) is 3.16. The Balaban J connectivity index is 2.17. The third-order valence-electron chi connectivity index (χ3n) is 4.69. The number of methoxy groups -OCH3 is 1. The first-order valence-corrected chi connectivity index (χ1v) is 9.80. The van der Waals surface area contributed by atoms with Crippen LogP contribution in [0.15, 0.2) is 48.5 Å². The Morgan fingerprint density at radius 2 is 1.86 bits per heavy atom. The van der Waals surface area contributed by atoms with Gasteiger partial charge in [-0.1, -0.05) is 25.5 Å². The summed E-state index contributed by atoms with van der Waals surface area (Å²) < 4.78 is 13.2. The second kappa shape index (κ2) is 9.28. The van der Waals surface area contributed by atoms with Crippen LogP contribution in [-0.4, -0.2) is 34.6 Å². The highest BCUT2D eigenvalue weighted by atomic mass is 16.5. The lowest BCUT2D eigenvalue weighted by atomic mass is 10.0. The van der Waals surface area contributed by atoms with Gasteiger partial charge in [0.05, 0.1) is 30.7 Å². The Morgan fingerprint density at radius 1 is 1.07 bits per heavy atom. The van der Waals surface area contributed by atoms with Crippen LogP contribution in [0.4, 0.5) is 0 Å². The van der Waals surface area contributed by atoms with Crippen molar-refractivity contribution in [3.05, 3.63) is 54.1 Å². The lowest BCUT2D eigenvalue weighted by molar-refractivity contribution is 0.0697. The third-order valence-corrected chi connectivity index (χ3v) is 4.69. The molecule has 0 amide bonds. The second-order valence-corrected chi connectivity index (χ2v) is 6.64. The summed E-state index contributed by atoms with van der Waals surface area (Å²) >= 11 is 0. The molecule has 0 aliphatic carbocycles. The zero-order chi connectivity index (χ0) is 20.8. The van der Waals surface area contributed by atoms with Crippen molar-refractivity contribution in [2.75, 3.05) is 13.7 Å².